The Morgan fingerprint density at radius 3 is 0.871 bits per heavy atom. The fraction of sp³-hybridized carbons (Fsp3) is 0. The molecule has 11 rings (SSSR count). The first-order chi connectivity index (χ1) is 30.8. The van der Waals surface area contributed by atoms with Crippen molar-refractivity contribution in [3.8, 4) is 0 Å². The molecular formula is C60H42N2. The molecule has 0 atom stereocenters. The van der Waals surface area contributed by atoms with Crippen LogP contribution in [0, 0.1) is 0 Å². The largest absolute Gasteiger partial charge is 0.310 e. The van der Waals surface area contributed by atoms with Crippen LogP contribution in [0.15, 0.2) is 231 Å². The molecule has 0 fully saturated rings. The molecule has 2 heteroatoms. The van der Waals surface area contributed by atoms with E-state index in [0.717, 1.165) is 45.3 Å². The molecule has 0 N–H and O–H groups in total. The third kappa shape index (κ3) is 6.84. The normalized spacial score (nSPS) is 11.7. The predicted octanol–water partition coefficient (Wildman–Crippen LogP) is 17.0. The second kappa shape index (κ2) is 16.1. The molecule has 0 unspecified atom stereocenters. The Morgan fingerprint density at radius 1 is 0.210 bits per heavy atom. The van der Waals surface area contributed by atoms with Crippen LogP contribution in [-0.4, -0.2) is 0 Å². The Labute approximate surface area is 362 Å². The maximum absolute atomic E-state index is 2.40. The summed E-state index contributed by atoms with van der Waals surface area (Å²) in [5.74, 6) is 0. The van der Waals surface area contributed by atoms with Gasteiger partial charge in [0.25, 0.3) is 0 Å². The zero-order valence-electron chi connectivity index (χ0n) is 34.1. The number of benzene rings is 11. The molecule has 0 heterocycles. The maximum atomic E-state index is 2.40. The van der Waals surface area contributed by atoms with Gasteiger partial charge in [-0.2, -0.15) is 0 Å². The second-order valence-electron chi connectivity index (χ2n) is 15.7. The third-order valence-corrected chi connectivity index (χ3v) is 12.0. The van der Waals surface area contributed by atoms with Gasteiger partial charge in [0.15, 0.2) is 0 Å². The van der Waals surface area contributed by atoms with Gasteiger partial charge in [0.05, 0.1) is 11.4 Å². The summed E-state index contributed by atoms with van der Waals surface area (Å²) in [4.78, 5) is 4.79. The lowest BCUT2D eigenvalue weighted by Crippen LogP contribution is -2.11. The topological polar surface area (TPSA) is 6.48 Å². The van der Waals surface area contributed by atoms with E-state index in [4.69, 9.17) is 0 Å². The molecule has 0 radical (unpaired) electrons. The van der Waals surface area contributed by atoms with Crippen LogP contribution in [0.5, 0.6) is 0 Å². The molecule has 0 aromatic heterocycles. The fourth-order valence-electron chi connectivity index (χ4n) is 9.06. The van der Waals surface area contributed by atoms with Gasteiger partial charge in [-0.05, 0) is 115 Å². The van der Waals surface area contributed by atoms with Gasteiger partial charge < -0.3 is 9.80 Å². The number of fused-ring (bicyclic) bond motifs is 2. The molecule has 0 saturated heterocycles. The van der Waals surface area contributed by atoms with Crippen molar-refractivity contribution in [3.05, 3.63) is 253 Å². The van der Waals surface area contributed by atoms with Crippen LogP contribution >= 0.6 is 0 Å². The summed E-state index contributed by atoms with van der Waals surface area (Å²) in [7, 11) is 0. The standard InChI is InChI=1S/C60H42N2/c1-5-15-43(16-6-1)27-29-45-31-35-49(36-32-45)61(47-19-9-3-10-20-47)57-41-39-53-52-24-14-26-56-58(42-40-54(60(52)56)51-23-13-25-55(57)59(51)53)62(48-21-11-4-12-22-48)50-37-33-46(34-38-50)30-28-44-17-7-2-8-18-44/h1-42H. The van der Waals surface area contributed by atoms with E-state index in [1.165, 1.54) is 54.2 Å². The van der Waals surface area contributed by atoms with E-state index in [1.54, 1.807) is 0 Å². The highest BCUT2D eigenvalue weighted by Gasteiger charge is 2.22. The van der Waals surface area contributed by atoms with Gasteiger partial charge in [0, 0.05) is 33.5 Å². The van der Waals surface area contributed by atoms with Gasteiger partial charge in [-0.15, -0.1) is 0 Å². The quantitative estimate of drug-likeness (QED) is 0.0773. The van der Waals surface area contributed by atoms with Crippen molar-refractivity contribution >= 4 is 102 Å². The molecule has 0 bridgehead atoms. The van der Waals surface area contributed by atoms with Crippen molar-refractivity contribution in [2.24, 2.45) is 0 Å². The number of hydrogen-bond donors (Lipinski definition) is 0. The van der Waals surface area contributed by atoms with E-state index in [1.807, 2.05) is 0 Å². The summed E-state index contributed by atoms with van der Waals surface area (Å²) in [6.07, 6.45) is 8.69. The van der Waals surface area contributed by atoms with Crippen molar-refractivity contribution < 1.29 is 0 Å². The third-order valence-electron chi connectivity index (χ3n) is 12.0. The minimum Gasteiger partial charge on any atom is -0.310 e. The van der Waals surface area contributed by atoms with E-state index in [2.05, 4.69) is 265 Å². The van der Waals surface area contributed by atoms with Crippen molar-refractivity contribution in [2.45, 2.75) is 0 Å². The highest BCUT2D eigenvalue weighted by atomic mass is 15.1. The molecule has 0 amide bonds. The molecule has 0 spiro atoms. The molecule has 2 nitrogen and oxygen atoms in total. The molecule has 11 aromatic rings. The van der Waals surface area contributed by atoms with Crippen LogP contribution in [0.2, 0.25) is 0 Å². The number of anilines is 6. The Kier molecular flexibility index (Phi) is 9.57. The highest BCUT2D eigenvalue weighted by molar-refractivity contribution is 6.35. The SMILES string of the molecule is C(=Cc1ccc(N(c2ccccc2)c2ccc3c4cccc5c(N(c6ccccc6)c6ccc(C=Cc7ccccc7)cc6)ccc(c6cccc2c63)c54)cc1)c1ccccc1. The van der Waals surface area contributed by atoms with Crippen LogP contribution in [0.4, 0.5) is 34.1 Å². The molecule has 0 saturated carbocycles. The Morgan fingerprint density at radius 2 is 0.500 bits per heavy atom. The minimum atomic E-state index is 1.11. The van der Waals surface area contributed by atoms with Gasteiger partial charge in [-0.25, -0.2) is 0 Å². The number of nitrogens with zero attached hydrogens (tertiary/aromatic N) is 2. The van der Waals surface area contributed by atoms with Crippen LogP contribution in [0.1, 0.15) is 22.3 Å². The van der Waals surface area contributed by atoms with Gasteiger partial charge >= 0.3 is 0 Å². The number of para-hydroxylation sites is 2. The van der Waals surface area contributed by atoms with Crippen LogP contribution in [0.25, 0.3) is 67.4 Å². The molecule has 292 valence electrons. The average molecular weight is 791 g/mol. The monoisotopic (exact) mass is 790 g/mol. The molecule has 0 aliphatic rings. The summed E-state index contributed by atoms with van der Waals surface area (Å²) in [5, 5.41) is 10.0. The van der Waals surface area contributed by atoms with Crippen LogP contribution in [0.3, 0.4) is 0 Å². The molecule has 62 heavy (non-hydrogen) atoms. The van der Waals surface area contributed by atoms with Crippen molar-refractivity contribution in [2.75, 3.05) is 9.80 Å². The number of rotatable bonds is 10. The first-order valence-electron chi connectivity index (χ1n) is 21.3. The van der Waals surface area contributed by atoms with E-state index < -0.39 is 0 Å². The molecule has 0 aliphatic carbocycles. The van der Waals surface area contributed by atoms with Crippen LogP contribution in [-0.2, 0) is 0 Å². The molecule has 11 aromatic carbocycles. The lowest BCUT2D eigenvalue weighted by Gasteiger charge is -2.29. The predicted molar refractivity (Wildman–Crippen MR) is 268 cm³/mol. The Balaban J connectivity index is 1.04. The Hall–Kier alpha value is -8.20. The van der Waals surface area contributed by atoms with E-state index in [-0.39, 0.29) is 0 Å². The van der Waals surface area contributed by atoms with E-state index in [0.29, 0.717) is 0 Å². The average Bonchev–Trinajstić information content (AvgIpc) is 3.35. The first-order valence-corrected chi connectivity index (χ1v) is 21.3. The van der Waals surface area contributed by atoms with Gasteiger partial charge in [0.1, 0.15) is 0 Å². The summed E-state index contributed by atoms with van der Waals surface area (Å²) < 4.78 is 0. The summed E-state index contributed by atoms with van der Waals surface area (Å²) in [5.41, 5.74) is 11.4. The summed E-state index contributed by atoms with van der Waals surface area (Å²) in [6.45, 7) is 0. The molecular weight excluding hydrogens is 749 g/mol. The highest BCUT2D eigenvalue weighted by Crippen LogP contribution is 2.48. The zero-order valence-corrected chi connectivity index (χ0v) is 34.1. The summed E-state index contributed by atoms with van der Waals surface area (Å²) in [6, 6.07) is 83.1. The zero-order chi connectivity index (χ0) is 41.2. The lowest BCUT2D eigenvalue weighted by atomic mass is 9.88. The van der Waals surface area contributed by atoms with Crippen LogP contribution < -0.4 is 9.80 Å². The van der Waals surface area contributed by atoms with Gasteiger partial charge in [-0.3, -0.25) is 0 Å². The maximum Gasteiger partial charge on any atom is 0.0540 e. The second-order valence-corrected chi connectivity index (χ2v) is 15.7. The van der Waals surface area contributed by atoms with Crippen molar-refractivity contribution in [3.63, 3.8) is 0 Å². The smallest absolute Gasteiger partial charge is 0.0540 e. The van der Waals surface area contributed by atoms with Gasteiger partial charge in [-0.1, -0.05) is 194 Å². The lowest BCUT2D eigenvalue weighted by molar-refractivity contribution is 1.30. The van der Waals surface area contributed by atoms with E-state index in [9.17, 15) is 0 Å². The first kappa shape index (κ1) is 36.8. The molecule has 0 aliphatic heterocycles. The van der Waals surface area contributed by atoms with Gasteiger partial charge in [0.2, 0.25) is 0 Å². The number of hydrogen-bond acceptors (Lipinski definition) is 2. The minimum absolute atomic E-state index is 1.11. The van der Waals surface area contributed by atoms with Crippen molar-refractivity contribution in [1.82, 2.24) is 0 Å². The fourth-order valence-corrected chi connectivity index (χ4v) is 9.06. The van der Waals surface area contributed by atoms with Crippen molar-refractivity contribution in [1.29, 1.82) is 0 Å². The summed E-state index contributed by atoms with van der Waals surface area (Å²) >= 11 is 0. The Bertz CT molecular complexity index is 3110. The van der Waals surface area contributed by atoms with E-state index >= 15 is 0 Å².